The molecule has 1 aliphatic carbocycles. The SMILES string of the molecule is COc1ccc(NC(=O)CSc2nc3sc4c(c3c(=O)n2Cc2ccco2)CCCC4)cc1OC. The quantitative estimate of drug-likeness (QED) is 0.270. The molecule has 0 aliphatic heterocycles. The number of amides is 1. The van der Waals surface area contributed by atoms with Gasteiger partial charge in [-0.05, 0) is 55.5 Å². The third-order valence-corrected chi connectivity index (χ3v) is 8.10. The second kappa shape index (κ2) is 10.2. The van der Waals surface area contributed by atoms with E-state index in [2.05, 4.69) is 5.32 Å². The standard InChI is InChI=1S/C25H25N3O5S2/c1-31-18-10-9-15(12-19(18)32-2)26-21(29)14-34-25-27-23-22(17-7-3-4-8-20(17)35-23)24(30)28(25)13-16-6-5-11-33-16/h5-6,9-12H,3-4,7-8,13-14H2,1-2H3,(H,26,29). The zero-order valence-corrected chi connectivity index (χ0v) is 21.1. The number of thioether (sulfide) groups is 1. The Hall–Kier alpha value is -3.24. The van der Waals surface area contributed by atoms with E-state index in [0.29, 0.717) is 28.1 Å². The molecule has 5 rings (SSSR count). The van der Waals surface area contributed by atoms with Crippen LogP contribution in [0.15, 0.2) is 51.0 Å². The number of nitrogens with zero attached hydrogens (tertiary/aromatic N) is 2. The summed E-state index contributed by atoms with van der Waals surface area (Å²) < 4.78 is 17.7. The predicted molar refractivity (Wildman–Crippen MR) is 137 cm³/mol. The summed E-state index contributed by atoms with van der Waals surface area (Å²) in [7, 11) is 3.10. The van der Waals surface area contributed by atoms with Crippen molar-refractivity contribution in [3.05, 3.63) is 63.1 Å². The number of carbonyl (C=O) groups excluding carboxylic acids is 1. The van der Waals surface area contributed by atoms with Crippen molar-refractivity contribution in [1.82, 2.24) is 9.55 Å². The van der Waals surface area contributed by atoms with Gasteiger partial charge in [-0.3, -0.25) is 14.2 Å². The van der Waals surface area contributed by atoms with Crippen molar-refractivity contribution in [2.75, 3.05) is 25.3 Å². The lowest BCUT2D eigenvalue weighted by atomic mass is 9.97. The van der Waals surface area contributed by atoms with E-state index < -0.39 is 0 Å². The molecule has 3 aromatic heterocycles. The number of rotatable bonds is 8. The number of aromatic nitrogens is 2. The molecule has 1 aromatic carbocycles. The summed E-state index contributed by atoms with van der Waals surface area (Å²) in [5.41, 5.74) is 1.66. The number of methoxy groups -OCH3 is 2. The largest absolute Gasteiger partial charge is 0.493 e. The van der Waals surface area contributed by atoms with Gasteiger partial charge in [0.15, 0.2) is 16.7 Å². The van der Waals surface area contributed by atoms with Crippen molar-refractivity contribution in [1.29, 1.82) is 0 Å². The molecular formula is C25H25N3O5S2. The molecule has 0 spiro atoms. The Kier molecular flexibility index (Phi) is 6.83. The topological polar surface area (TPSA) is 95.6 Å². The number of hydrogen-bond acceptors (Lipinski definition) is 8. The molecule has 1 amide bonds. The first-order chi connectivity index (χ1) is 17.1. The average molecular weight is 512 g/mol. The Morgan fingerprint density at radius 1 is 1.20 bits per heavy atom. The van der Waals surface area contributed by atoms with Gasteiger partial charge >= 0.3 is 0 Å². The highest BCUT2D eigenvalue weighted by Gasteiger charge is 2.23. The molecule has 1 aliphatic rings. The van der Waals surface area contributed by atoms with E-state index in [-0.39, 0.29) is 23.8 Å². The maximum absolute atomic E-state index is 13.6. The molecule has 0 radical (unpaired) electrons. The fourth-order valence-electron chi connectivity index (χ4n) is 4.27. The minimum Gasteiger partial charge on any atom is -0.493 e. The van der Waals surface area contributed by atoms with Gasteiger partial charge in [-0.2, -0.15) is 0 Å². The van der Waals surface area contributed by atoms with E-state index in [9.17, 15) is 9.59 Å². The molecule has 0 saturated carbocycles. The number of hydrogen-bond donors (Lipinski definition) is 1. The molecule has 0 bridgehead atoms. The van der Waals surface area contributed by atoms with Crippen LogP contribution in [0, 0.1) is 0 Å². The van der Waals surface area contributed by atoms with Crippen LogP contribution in [0.3, 0.4) is 0 Å². The van der Waals surface area contributed by atoms with Crippen LogP contribution in [0.4, 0.5) is 5.69 Å². The Balaban J connectivity index is 1.42. The third-order valence-electron chi connectivity index (χ3n) is 5.93. The molecule has 10 heteroatoms. The first-order valence-electron chi connectivity index (χ1n) is 11.3. The second-order valence-electron chi connectivity index (χ2n) is 8.16. The molecule has 0 atom stereocenters. The summed E-state index contributed by atoms with van der Waals surface area (Å²) >= 11 is 2.84. The first-order valence-corrected chi connectivity index (χ1v) is 13.1. The summed E-state index contributed by atoms with van der Waals surface area (Å²) in [4.78, 5) is 33.2. The lowest BCUT2D eigenvalue weighted by Crippen LogP contribution is -2.25. The van der Waals surface area contributed by atoms with E-state index in [1.807, 2.05) is 6.07 Å². The highest BCUT2D eigenvalue weighted by atomic mass is 32.2. The molecule has 182 valence electrons. The Labute approximate surface area is 210 Å². The minimum atomic E-state index is -0.216. The highest BCUT2D eigenvalue weighted by molar-refractivity contribution is 7.99. The minimum absolute atomic E-state index is 0.0754. The number of fused-ring (bicyclic) bond motifs is 3. The van der Waals surface area contributed by atoms with Gasteiger partial charge in [0.25, 0.3) is 5.56 Å². The normalized spacial score (nSPS) is 13.0. The maximum Gasteiger partial charge on any atom is 0.263 e. The van der Waals surface area contributed by atoms with Crippen molar-refractivity contribution in [2.45, 2.75) is 37.4 Å². The highest BCUT2D eigenvalue weighted by Crippen LogP contribution is 2.35. The lowest BCUT2D eigenvalue weighted by Gasteiger charge is -2.13. The fourth-order valence-corrected chi connectivity index (χ4v) is 6.37. The number of anilines is 1. The van der Waals surface area contributed by atoms with Gasteiger partial charge in [0, 0.05) is 16.6 Å². The number of aryl methyl sites for hydroxylation is 2. The van der Waals surface area contributed by atoms with E-state index >= 15 is 0 Å². The molecule has 35 heavy (non-hydrogen) atoms. The van der Waals surface area contributed by atoms with Crippen LogP contribution in [0.2, 0.25) is 0 Å². The second-order valence-corrected chi connectivity index (χ2v) is 10.2. The molecule has 1 N–H and O–H groups in total. The average Bonchev–Trinajstić information content (AvgIpc) is 3.52. The van der Waals surface area contributed by atoms with Gasteiger partial charge in [-0.25, -0.2) is 4.98 Å². The van der Waals surface area contributed by atoms with Gasteiger partial charge in [0.1, 0.15) is 10.6 Å². The Bertz CT molecular complexity index is 1430. The lowest BCUT2D eigenvalue weighted by molar-refractivity contribution is -0.113. The predicted octanol–water partition coefficient (Wildman–Crippen LogP) is 4.73. The summed E-state index contributed by atoms with van der Waals surface area (Å²) in [6, 6.07) is 8.81. The van der Waals surface area contributed by atoms with Gasteiger partial charge in [0.2, 0.25) is 5.91 Å². The summed E-state index contributed by atoms with van der Waals surface area (Å²) in [5.74, 6) is 1.65. The van der Waals surface area contributed by atoms with Crippen molar-refractivity contribution in [3.8, 4) is 11.5 Å². The first kappa shape index (κ1) is 23.5. The Morgan fingerprint density at radius 2 is 2.03 bits per heavy atom. The molecule has 8 nitrogen and oxygen atoms in total. The number of carbonyl (C=O) groups is 1. The van der Waals surface area contributed by atoms with Gasteiger partial charge in [-0.1, -0.05) is 11.8 Å². The summed E-state index contributed by atoms with van der Waals surface area (Å²) in [5, 5.41) is 4.09. The van der Waals surface area contributed by atoms with Crippen molar-refractivity contribution in [3.63, 3.8) is 0 Å². The van der Waals surface area contributed by atoms with Crippen LogP contribution in [-0.2, 0) is 24.2 Å². The summed E-state index contributed by atoms with van der Waals surface area (Å²) in [6.45, 7) is 0.263. The van der Waals surface area contributed by atoms with E-state index in [4.69, 9.17) is 18.9 Å². The van der Waals surface area contributed by atoms with Crippen molar-refractivity contribution in [2.24, 2.45) is 0 Å². The van der Waals surface area contributed by atoms with Crippen molar-refractivity contribution < 1.29 is 18.7 Å². The summed E-state index contributed by atoms with van der Waals surface area (Å²) in [6.07, 6.45) is 5.71. The molecule has 4 aromatic rings. The van der Waals surface area contributed by atoms with Crippen LogP contribution >= 0.6 is 23.1 Å². The van der Waals surface area contributed by atoms with Crippen LogP contribution < -0.4 is 20.3 Å². The van der Waals surface area contributed by atoms with Gasteiger partial charge in [0.05, 0.1) is 38.2 Å². The van der Waals surface area contributed by atoms with Gasteiger partial charge < -0.3 is 19.2 Å². The van der Waals surface area contributed by atoms with Crippen LogP contribution in [0.5, 0.6) is 11.5 Å². The number of furan rings is 1. The van der Waals surface area contributed by atoms with E-state index in [0.717, 1.165) is 41.5 Å². The molecule has 3 heterocycles. The Morgan fingerprint density at radius 3 is 2.80 bits per heavy atom. The molecular weight excluding hydrogens is 486 g/mol. The van der Waals surface area contributed by atoms with Crippen LogP contribution in [0.25, 0.3) is 10.2 Å². The number of ether oxygens (including phenoxy) is 2. The number of nitrogens with one attached hydrogen (secondary N) is 1. The number of thiophene rings is 1. The molecule has 0 saturated heterocycles. The maximum atomic E-state index is 13.6. The van der Waals surface area contributed by atoms with E-state index in [1.165, 1.54) is 16.6 Å². The zero-order chi connectivity index (χ0) is 24.4. The van der Waals surface area contributed by atoms with E-state index in [1.54, 1.807) is 60.7 Å². The fraction of sp³-hybridized carbons (Fsp3) is 0.320. The zero-order valence-electron chi connectivity index (χ0n) is 19.5. The smallest absolute Gasteiger partial charge is 0.263 e. The molecule has 0 fully saturated rings. The van der Waals surface area contributed by atoms with Gasteiger partial charge in [-0.15, -0.1) is 11.3 Å². The molecule has 0 unspecified atom stereocenters. The number of benzene rings is 1. The third kappa shape index (κ3) is 4.81. The van der Waals surface area contributed by atoms with Crippen molar-refractivity contribution >= 4 is 44.9 Å². The monoisotopic (exact) mass is 511 g/mol. The van der Waals surface area contributed by atoms with Crippen LogP contribution in [0.1, 0.15) is 29.0 Å². The van der Waals surface area contributed by atoms with Crippen LogP contribution in [-0.4, -0.2) is 35.4 Å².